The zero-order valence-electron chi connectivity index (χ0n) is 46.5. The molecule has 2 aromatic heterocycles. The molecule has 0 unspecified atom stereocenters. The summed E-state index contributed by atoms with van der Waals surface area (Å²) >= 11 is 0. The van der Waals surface area contributed by atoms with Crippen LogP contribution >= 0.6 is 0 Å². The Labute approximate surface area is 487 Å². The van der Waals surface area contributed by atoms with Crippen LogP contribution in [0.15, 0.2) is 259 Å². The van der Waals surface area contributed by atoms with Crippen LogP contribution in [0.5, 0.6) is 23.0 Å². The fourth-order valence-electron chi connectivity index (χ4n) is 14.6. The van der Waals surface area contributed by atoms with Crippen molar-refractivity contribution >= 4 is 124 Å². The number of rotatable bonds is 5. The molecule has 0 bridgehead atoms. The molecule has 0 saturated carbocycles. The van der Waals surface area contributed by atoms with E-state index in [1.165, 1.54) is 16.5 Å². The third-order valence-corrected chi connectivity index (χ3v) is 18.2. The van der Waals surface area contributed by atoms with Crippen LogP contribution in [-0.2, 0) is 5.41 Å². The van der Waals surface area contributed by atoms with Crippen LogP contribution in [0.2, 0.25) is 0 Å². The lowest BCUT2D eigenvalue weighted by atomic mass is 9.30. The van der Waals surface area contributed by atoms with Crippen molar-refractivity contribution in [3.8, 4) is 50.9 Å². The molecule has 12 aromatic carbocycles. The quantitative estimate of drug-likeness (QED) is 0.161. The van der Waals surface area contributed by atoms with E-state index < -0.39 is 0 Å². The maximum absolute atomic E-state index is 7.51. The lowest BCUT2D eigenvalue weighted by Gasteiger charge is -2.45. The van der Waals surface area contributed by atoms with Gasteiger partial charge in [-0.1, -0.05) is 209 Å². The number of para-hydroxylation sites is 6. The molecule has 14 aromatic rings. The van der Waals surface area contributed by atoms with Gasteiger partial charge in [0.25, 0.3) is 13.4 Å². The third kappa shape index (κ3) is 6.65. The molecule has 8 heteroatoms. The molecule has 0 spiro atoms. The normalized spacial score (nSPS) is 13.5. The van der Waals surface area contributed by atoms with Gasteiger partial charge >= 0.3 is 0 Å². The van der Waals surface area contributed by atoms with Crippen molar-refractivity contribution in [2.45, 2.75) is 26.2 Å². The highest BCUT2D eigenvalue weighted by Crippen LogP contribution is 2.54. The Kier molecular flexibility index (Phi) is 9.86. The first-order valence-electron chi connectivity index (χ1n) is 29.1. The number of benzene rings is 12. The van der Waals surface area contributed by atoms with Gasteiger partial charge in [0.2, 0.25) is 0 Å². The van der Waals surface area contributed by atoms with E-state index in [1.807, 2.05) is 0 Å². The van der Waals surface area contributed by atoms with Crippen LogP contribution < -0.4 is 52.1 Å². The van der Waals surface area contributed by atoms with Crippen molar-refractivity contribution in [2.75, 3.05) is 9.80 Å². The molecule has 18 rings (SSSR count). The molecule has 0 amide bonds. The number of furan rings is 1. The SMILES string of the molecule is CC(C)(C)c1ccc(-n2c3ccccc3c3c4c5c(cc32)N(c2ccccc2)c2cc3c(cc2B5c2ccccc2O4)B2c4ccccc4Oc4c2c(cc2oc5ccccc5c42)N3c2c(-c3ccccc3)cccc2-c2ccccc2)cc1. The van der Waals surface area contributed by atoms with Crippen LogP contribution in [0.3, 0.4) is 0 Å². The lowest BCUT2D eigenvalue weighted by molar-refractivity contribution is 0.493. The predicted molar refractivity (Wildman–Crippen MR) is 349 cm³/mol. The number of nitrogens with zero attached hydrogens (tertiary/aromatic N) is 3. The topological polar surface area (TPSA) is 43.0 Å². The Hall–Kier alpha value is -10.4. The van der Waals surface area contributed by atoms with Crippen molar-refractivity contribution in [2.24, 2.45) is 0 Å². The molecule has 4 aliphatic rings. The van der Waals surface area contributed by atoms with Gasteiger partial charge in [-0.15, -0.1) is 0 Å². The van der Waals surface area contributed by atoms with Gasteiger partial charge in [-0.25, -0.2) is 0 Å². The average Bonchev–Trinajstić information content (AvgIpc) is 1.13. The number of ether oxygens (including phenoxy) is 2. The number of hydrogen-bond donors (Lipinski definition) is 0. The second-order valence-electron chi connectivity index (χ2n) is 23.8. The van der Waals surface area contributed by atoms with Crippen molar-refractivity contribution in [3.63, 3.8) is 0 Å². The van der Waals surface area contributed by atoms with E-state index in [0.29, 0.717) is 0 Å². The second kappa shape index (κ2) is 17.5. The summed E-state index contributed by atoms with van der Waals surface area (Å²) in [6.45, 7) is 6.39. The summed E-state index contributed by atoms with van der Waals surface area (Å²) in [5.74, 6) is 3.42. The molecular formula is C76H51B2N3O3. The minimum absolute atomic E-state index is 0.00209. The van der Waals surface area contributed by atoms with Gasteiger partial charge in [-0.05, 0) is 116 Å². The van der Waals surface area contributed by atoms with Crippen LogP contribution in [0, 0.1) is 0 Å². The van der Waals surface area contributed by atoms with Crippen molar-refractivity contribution in [1.82, 2.24) is 4.57 Å². The van der Waals surface area contributed by atoms with Crippen LogP contribution in [-0.4, -0.2) is 18.0 Å². The Morgan fingerprint density at radius 2 is 0.905 bits per heavy atom. The van der Waals surface area contributed by atoms with Crippen molar-refractivity contribution in [3.05, 3.63) is 260 Å². The predicted octanol–water partition coefficient (Wildman–Crippen LogP) is 16.1. The Morgan fingerprint density at radius 1 is 0.369 bits per heavy atom. The van der Waals surface area contributed by atoms with E-state index >= 15 is 0 Å². The minimum atomic E-state index is -0.232. The second-order valence-corrected chi connectivity index (χ2v) is 23.8. The molecule has 0 saturated heterocycles. The van der Waals surface area contributed by atoms with E-state index in [2.05, 4.69) is 290 Å². The van der Waals surface area contributed by atoms with E-state index in [-0.39, 0.29) is 18.8 Å². The molecule has 0 radical (unpaired) electrons. The average molecular weight is 1080 g/mol. The van der Waals surface area contributed by atoms with E-state index in [4.69, 9.17) is 13.9 Å². The molecule has 0 aliphatic carbocycles. The summed E-state index contributed by atoms with van der Waals surface area (Å²) < 4.78 is 24.3. The first-order valence-corrected chi connectivity index (χ1v) is 29.1. The van der Waals surface area contributed by atoms with E-state index in [9.17, 15) is 0 Å². The molecule has 0 N–H and O–H groups in total. The van der Waals surface area contributed by atoms with Gasteiger partial charge in [-0.2, -0.15) is 0 Å². The molecular weight excluding hydrogens is 1020 g/mol. The largest absolute Gasteiger partial charge is 0.458 e. The fraction of sp³-hybridized carbons (Fsp3) is 0.0526. The molecule has 84 heavy (non-hydrogen) atoms. The summed E-state index contributed by atoms with van der Waals surface area (Å²) in [6, 6.07) is 93.1. The third-order valence-electron chi connectivity index (χ3n) is 18.2. The van der Waals surface area contributed by atoms with E-state index in [0.717, 1.165) is 151 Å². The van der Waals surface area contributed by atoms with Gasteiger partial charge in [0.05, 0.1) is 27.5 Å². The van der Waals surface area contributed by atoms with E-state index in [1.54, 1.807) is 0 Å². The number of fused-ring (bicyclic) bond motifs is 16. The molecule has 4 aliphatic heterocycles. The number of aromatic nitrogens is 1. The summed E-state index contributed by atoms with van der Waals surface area (Å²) in [5, 5.41) is 4.25. The number of hydrogen-bond acceptors (Lipinski definition) is 5. The summed E-state index contributed by atoms with van der Waals surface area (Å²) in [7, 11) is 0. The highest BCUT2D eigenvalue weighted by Gasteiger charge is 2.49. The Morgan fingerprint density at radius 3 is 1.55 bits per heavy atom. The van der Waals surface area contributed by atoms with Gasteiger partial charge < -0.3 is 28.3 Å². The maximum atomic E-state index is 7.51. The molecule has 394 valence electrons. The molecule has 6 heterocycles. The smallest absolute Gasteiger partial charge is 0.256 e. The van der Waals surface area contributed by atoms with Gasteiger partial charge in [0.1, 0.15) is 34.2 Å². The van der Waals surface area contributed by atoms with Gasteiger partial charge in [-0.3, -0.25) is 0 Å². The van der Waals surface area contributed by atoms with Crippen LogP contribution in [0.25, 0.3) is 71.7 Å². The van der Waals surface area contributed by atoms with Crippen LogP contribution in [0.1, 0.15) is 26.3 Å². The standard InChI is InChI=1S/C76H51B2N3O3/c1-76(2,3)48-38-40-50(41-39-48)79-59-34-17-13-28-53(59)69-62(79)44-63-71-74(69)83-66-36-19-15-32-55(66)77(71)57-42-58-61(43-60(57)80(63)49-26-11-6-12-27-49)81(73-51(46-22-7-4-8-23-46)30-21-31-52(73)47-24-9-5-10-25-47)64-45-68-70(54-29-14-18-35-65(54)82-68)75-72(64)78(58)56-33-16-20-37-67(56)84-75/h4-45H,1-3H3. The highest BCUT2D eigenvalue weighted by molar-refractivity contribution is 7.02. The summed E-state index contributed by atoms with van der Waals surface area (Å²) in [4.78, 5) is 5.08. The Bertz CT molecular complexity index is 5030. The number of anilines is 6. The molecule has 0 atom stereocenters. The highest BCUT2D eigenvalue weighted by atomic mass is 16.5. The van der Waals surface area contributed by atoms with Gasteiger partial charge in [0.15, 0.2) is 0 Å². The minimum Gasteiger partial charge on any atom is -0.458 e. The maximum Gasteiger partial charge on any atom is 0.256 e. The lowest BCUT2D eigenvalue weighted by Crippen LogP contribution is -2.63. The first-order chi connectivity index (χ1) is 41.3. The zero-order chi connectivity index (χ0) is 55.5. The summed E-state index contributed by atoms with van der Waals surface area (Å²) in [5.41, 5.74) is 23.9. The summed E-state index contributed by atoms with van der Waals surface area (Å²) in [6.07, 6.45) is 0. The Balaban J connectivity index is 1.00. The molecule has 6 nitrogen and oxygen atoms in total. The van der Waals surface area contributed by atoms with Crippen molar-refractivity contribution in [1.29, 1.82) is 0 Å². The monoisotopic (exact) mass is 1080 g/mol. The molecule has 0 fully saturated rings. The first kappa shape index (κ1) is 47.2. The zero-order valence-corrected chi connectivity index (χ0v) is 46.5. The van der Waals surface area contributed by atoms with Crippen LogP contribution in [0.4, 0.5) is 34.1 Å². The van der Waals surface area contributed by atoms with Crippen molar-refractivity contribution < 1.29 is 13.9 Å². The fourth-order valence-corrected chi connectivity index (χ4v) is 14.6. The van der Waals surface area contributed by atoms with Gasteiger partial charge in [0, 0.05) is 62.1 Å².